The van der Waals surface area contributed by atoms with E-state index in [0.29, 0.717) is 17.0 Å². The summed E-state index contributed by atoms with van der Waals surface area (Å²) in [5.74, 6) is 1.35. The van der Waals surface area contributed by atoms with Crippen LogP contribution >= 0.6 is 11.6 Å². The molecule has 0 unspecified atom stereocenters. The molecule has 0 aliphatic carbocycles. The number of benzene rings is 1. The Bertz CT molecular complexity index is 403. The van der Waals surface area contributed by atoms with E-state index in [0.717, 1.165) is 44.1 Å². The normalized spacial score (nSPS) is 16.6. The van der Waals surface area contributed by atoms with Crippen LogP contribution in [-0.4, -0.2) is 25.9 Å². The minimum absolute atomic E-state index is 0.394. The first kappa shape index (κ1) is 14.5. The molecule has 0 radical (unpaired) electrons. The van der Waals surface area contributed by atoms with E-state index in [4.69, 9.17) is 21.1 Å². The van der Waals surface area contributed by atoms with Crippen LogP contribution in [0.25, 0.3) is 0 Å². The van der Waals surface area contributed by atoms with E-state index in [2.05, 4.69) is 19.2 Å². The van der Waals surface area contributed by atoms with Crippen molar-refractivity contribution in [1.82, 2.24) is 0 Å². The molecule has 1 saturated heterocycles. The molecule has 1 aromatic carbocycles. The molecule has 1 aliphatic heterocycles. The van der Waals surface area contributed by atoms with Crippen LogP contribution in [0.5, 0.6) is 5.75 Å². The number of hydrogen-bond acceptors (Lipinski definition) is 3. The van der Waals surface area contributed by atoms with Crippen molar-refractivity contribution in [2.24, 2.45) is 5.92 Å². The number of hydrogen-bond donors (Lipinski definition) is 1. The SMILES string of the molecule is CC(C)Nc1ccc(OCC2CCOCC2)c(Cl)c1. The van der Waals surface area contributed by atoms with E-state index in [1.807, 2.05) is 18.2 Å². The van der Waals surface area contributed by atoms with Crippen molar-refractivity contribution < 1.29 is 9.47 Å². The monoisotopic (exact) mass is 283 g/mol. The lowest BCUT2D eigenvalue weighted by Crippen LogP contribution is -2.21. The van der Waals surface area contributed by atoms with Crippen molar-refractivity contribution in [3.63, 3.8) is 0 Å². The fourth-order valence-electron chi connectivity index (χ4n) is 2.16. The lowest BCUT2D eigenvalue weighted by atomic mass is 10.0. The Morgan fingerprint density at radius 3 is 2.74 bits per heavy atom. The zero-order valence-electron chi connectivity index (χ0n) is 11.6. The zero-order chi connectivity index (χ0) is 13.7. The van der Waals surface area contributed by atoms with Crippen LogP contribution in [0.4, 0.5) is 5.69 Å². The molecule has 2 rings (SSSR count). The highest BCUT2D eigenvalue weighted by Gasteiger charge is 2.15. The highest BCUT2D eigenvalue weighted by Crippen LogP contribution is 2.29. The molecule has 106 valence electrons. The lowest BCUT2D eigenvalue weighted by Gasteiger charge is -2.22. The molecular formula is C15H22ClNO2. The Balaban J connectivity index is 1.89. The Hall–Kier alpha value is -0.930. The second-order valence-electron chi connectivity index (χ2n) is 5.31. The van der Waals surface area contributed by atoms with E-state index in [-0.39, 0.29) is 0 Å². The van der Waals surface area contributed by atoms with E-state index in [1.165, 1.54) is 0 Å². The maximum atomic E-state index is 6.24. The zero-order valence-corrected chi connectivity index (χ0v) is 12.4. The third kappa shape index (κ3) is 4.59. The van der Waals surface area contributed by atoms with Gasteiger partial charge in [0.15, 0.2) is 0 Å². The van der Waals surface area contributed by atoms with Crippen molar-refractivity contribution in [1.29, 1.82) is 0 Å². The van der Waals surface area contributed by atoms with Crippen molar-refractivity contribution in [3.05, 3.63) is 23.2 Å². The molecule has 0 bridgehead atoms. The predicted octanol–water partition coefficient (Wildman–Crippen LogP) is 3.97. The maximum Gasteiger partial charge on any atom is 0.138 e. The molecule has 1 fully saturated rings. The number of nitrogens with one attached hydrogen (secondary N) is 1. The topological polar surface area (TPSA) is 30.5 Å². The van der Waals surface area contributed by atoms with E-state index in [9.17, 15) is 0 Å². The molecule has 4 heteroatoms. The summed E-state index contributed by atoms with van der Waals surface area (Å²) in [6.45, 7) is 6.62. The van der Waals surface area contributed by atoms with E-state index >= 15 is 0 Å². The summed E-state index contributed by atoms with van der Waals surface area (Å²) >= 11 is 6.24. The molecule has 0 saturated carbocycles. The van der Waals surface area contributed by atoms with Gasteiger partial charge in [-0.05, 0) is 50.8 Å². The van der Waals surface area contributed by atoms with Crippen LogP contribution in [0.3, 0.4) is 0 Å². The molecule has 1 heterocycles. The minimum atomic E-state index is 0.394. The van der Waals surface area contributed by atoms with Gasteiger partial charge in [-0.15, -0.1) is 0 Å². The van der Waals surface area contributed by atoms with Gasteiger partial charge in [0, 0.05) is 24.9 Å². The lowest BCUT2D eigenvalue weighted by molar-refractivity contribution is 0.0498. The largest absolute Gasteiger partial charge is 0.492 e. The second kappa shape index (κ2) is 7.01. The summed E-state index contributed by atoms with van der Waals surface area (Å²) in [4.78, 5) is 0. The minimum Gasteiger partial charge on any atom is -0.492 e. The van der Waals surface area contributed by atoms with Crippen LogP contribution in [0.15, 0.2) is 18.2 Å². The van der Waals surface area contributed by atoms with E-state index in [1.54, 1.807) is 0 Å². The first-order chi connectivity index (χ1) is 9.15. The van der Waals surface area contributed by atoms with Gasteiger partial charge in [0.05, 0.1) is 11.6 Å². The van der Waals surface area contributed by atoms with Gasteiger partial charge in [0.1, 0.15) is 5.75 Å². The summed E-state index contributed by atoms with van der Waals surface area (Å²) in [6, 6.07) is 6.25. The molecule has 0 aromatic heterocycles. The fourth-order valence-corrected chi connectivity index (χ4v) is 2.40. The molecule has 1 aliphatic rings. The fraction of sp³-hybridized carbons (Fsp3) is 0.600. The summed E-state index contributed by atoms with van der Waals surface area (Å²) in [5, 5.41) is 3.99. The summed E-state index contributed by atoms with van der Waals surface area (Å²) in [6.07, 6.45) is 2.15. The van der Waals surface area contributed by atoms with Crippen LogP contribution < -0.4 is 10.1 Å². The van der Waals surface area contributed by atoms with Gasteiger partial charge in [0.2, 0.25) is 0 Å². The number of anilines is 1. The quantitative estimate of drug-likeness (QED) is 0.887. The maximum absolute atomic E-state index is 6.24. The number of ether oxygens (including phenoxy) is 2. The first-order valence-electron chi connectivity index (χ1n) is 6.92. The molecule has 19 heavy (non-hydrogen) atoms. The summed E-state index contributed by atoms with van der Waals surface area (Å²) in [7, 11) is 0. The van der Waals surface area contributed by atoms with Crippen molar-refractivity contribution >= 4 is 17.3 Å². The Labute approximate surface area is 120 Å². The molecule has 1 N–H and O–H groups in total. The van der Waals surface area contributed by atoms with Crippen LogP contribution in [0.1, 0.15) is 26.7 Å². The average molecular weight is 284 g/mol. The van der Waals surface area contributed by atoms with Crippen LogP contribution in [-0.2, 0) is 4.74 Å². The van der Waals surface area contributed by atoms with Crippen LogP contribution in [0.2, 0.25) is 5.02 Å². The highest BCUT2D eigenvalue weighted by molar-refractivity contribution is 6.32. The van der Waals surface area contributed by atoms with Gasteiger partial charge in [-0.1, -0.05) is 11.6 Å². The van der Waals surface area contributed by atoms with Crippen LogP contribution in [0, 0.1) is 5.92 Å². The molecule has 0 spiro atoms. The van der Waals surface area contributed by atoms with Crippen molar-refractivity contribution in [2.75, 3.05) is 25.1 Å². The smallest absolute Gasteiger partial charge is 0.138 e. The number of rotatable bonds is 5. The molecule has 3 nitrogen and oxygen atoms in total. The van der Waals surface area contributed by atoms with Gasteiger partial charge in [-0.2, -0.15) is 0 Å². The average Bonchev–Trinajstić information content (AvgIpc) is 2.38. The molecular weight excluding hydrogens is 262 g/mol. The van der Waals surface area contributed by atoms with Gasteiger partial charge in [-0.25, -0.2) is 0 Å². The Kier molecular flexibility index (Phi) is 5.34. The van der Waals surface area contributed by atoms with Crippen molar-refractivity contribution in [3.8, 4) is 5.75 Å². The molecule has 0 amide bonds. The predicted molar refractivity (Wildman–Crippen MR) is 79.2 cm³/mol. The van der Waals surface area contributed by atoms with Gasteiger partial charge >= 0.3 is 0 Å². The molecule has 1 aromatic rings. The first-order valence-corrected chi connectivity index (χ1v) is 7.29. The van der Waals surface area contributed by atoms with Gasteiger partial charge in [-0.3, -0.25) is 0 Å². The third-order valence-corrected chi connectivity index (χ3v) is 3.50. The standard InChI is InChI=1S/C15H22ClNO2/c1-11(2)17-13-3-4-15(14(16)9-13)19-10-12-5-7-18-8-6-12/h3-4,9,11-12,17H,5-8,10H2,1-2H3. The Morgan fingerprint density at radius 2 is 2.11 bits per heavy atom. The van der Waals surface area contributed by atoms with Gasteiger partial charge < -0.3 is 14.8 Å². The number of halogens is 1. The Morgan fingerprint density at radius 1 is 1.37 bits per heavy atom. The second-order valence-corrected chi connectivity index (χ2v) is 5.72. The molecule has 0 atom stereocenters. The summed E-state index contributed by atoms with van der Waals surface area (Å²) < 4.78 is 11.2. The summed E-state index contributed by atoms with van der Waals surface area (Å²) in [5.41, 5.74) is 1.03. The third-order valence-electron chi connectivity index (χ3n) is 3.20. The van der Waals surface area contributed by atoms with Gasteiger partial charge in [0.25, 0.3) is 0 Å². The highest BCUT2D eigenvalue weighted by atomic mass is 35.5. The van der Waals surface area contributed by atoms with Crippen molar-refractivity contribution in [2.45, 2.75) is 32.7 Å². The van der Waals surface area contributed by atoms with E-state index < -0.39 is 0 Å².